The summed E-state index contributed by atoms with van der Waals surface area (Å²) in [7, 11) is 1.74. The molecular formula is C12H11F4NO. The molecule has 0 unspecified atom stereocenters. The first kappa shape index (κ1) is 14.3. The van der Waals surface area contributed by atoms with Crippen LogP contribution >= 0.6 is 0 Å². The Morgan fingerprint density at radius 1 is 1.33 bits per heavy atom. The molecule has 0 aromatic heterocycles. The highest BCUT2D eigenvalue weighted by atomic mass is 19.4. The molecule has 0 fully saturated rings. The molecule has 0 bridgehead atoms. The number of nitrogens with one attached hydrogen (secondary N) is 1. The summed E-state index contributed by atoms with van der Waals surface area (Å²) >= 11 is 0. The van der Waals surface area contributed by atoms with Crippen molar-refractivity contribution in [3.63, 3.8) is 0 Å². The zero-order valence-corrected chi connectivity index (χ0v) is 9.57. The number of rotatable bonds is 3. The maximum atomic E-state index is 13.3. The molecule has 0 saturated heterocycles. The van der Waals surface area contributed by atoms with Crippen LogP contribution in [0.5, 0.6) is 5.75 Å². The number of halogens is 4. The number of hydrogen-bond acceptors (Lipinski definition) is 2. The molecule has 1 aromatic rings. The SMILES string of the molecule is CNCCC#Cc1cc(OC(F)(F)F)ccc1F. The van der Waals surface area contributed by atoms with Gasteiger partial charge < -0.3 is 10.1 Å². The van der Waals surface area contributed by atoms with Gasteiger partial charge in [-0.1, -0.05) is 11.8 Å². The van der Waals surface area contributed by atoms with E-state index in [1.54, 1.807) is 7.05 Å². The molecular weight excluding hydrogens is 250 g/mol. The zero-order valence-electron chi connectivity index (χ0n) is 9.57. The molecule has 0 aliphatic heterocycles. The third-order valence-electron chi connectivity index (χ3n) is 1.89. The van der Waals surface area contributed by atoms with Gasteiger partial charge in [0.25, 0.3) is 0 Å². The van der Waals surface area contributed by atoms with E-state index >= 15 is 0 Å². The molecule has 98 valence electrons. The van der Waals surface area contributed by atoms with E-state index in [0.29, 0.717) is 13.0 Å². The van der Waals surface area contributed by atoms with Crippen molar-refractivity contribution < 1.29 is 22.3 Å². The molecule has 2 nitrogen and oxygen atoms in total. The van der Waals surface area contributed by atoms with Crippen molar-refractivity contribution in [2.45, 2.75) is 12.8 Å². The van der Waals surface area contributed by atoms with Gasteiger partial charge in [0.2, 0.25) is 0 Å². The van der Waals surface area contributed by atoms with Crippen LogP contribution in [0.25, 0.3) is 0 Å². The van der Waals surface area contributed by atoms with E-state index in [0.717, 1.165) is 18.2 Å². The summed E-state index contributed by atoms with van der Waals surface area (Å²) in [6.45, 7) is 0.618. The summed E-state index contributed by atoms with van der Waals surface area (Å²) < 4.78 is 52.8. The topological polar surface area (TPSA) is 21.3 Å². The fourth-order valence-electron chi connectivity index (χ4n) is 1.14. The van der Waals surface area contributed by atoms with Gasteiger partial charge in [-0.3, -0.25) is 0 Å². The highest BCUT2D eigenvalue weighted by molar-refractivity contribution is 5.41. The average molecular weight is 261 g/mol. The average Bonchev–Trinajstić information content (AvgIpc) is 2.26. The van der Waals surface area contributed by atoms with E-state index in [1.807, 2.05) is 0 Å². The second-order valence-corrected chi connectivity index (χ2v) is 3.34. The first-order valence-electron chi connectivity index (χ1n) is 5.11. The Bertz CT molecular complexity index is 459. The normalized spacial score (nSPS) is 10.7. The Balaban J connectivity index is 2.83. The Morgan fingerprint density at radius 2 is 2.06 bits per heavy atom. The quantitative estimate of drug-likeness (QED) is 0.513. The molecule has 1 N–H and O–H groups in total. The minimum Gasteiger partial charge on any atom is -0.406 e. The van der Waals surface area contributed by atoms with Gasteiger partial charge in [-0.25, -0.2) is 4.39 Å². The lowest BCUT2D eigenvalue weighted by Crippen LogP contribution is -2.17. The molecule has 18 heavy (non-hydrogen) atoms. The fraction of sp³-hybridized carbons (Fsp3) is 0.333. The summed E-state index contributed by atoms with van der Waals surface area (Å²) in [5, 5.41) is 2.84. The molecule has 1 rings (SSSR count). The van der Waals surface area contributed by atoms with Crippen molar-refractivity contribution in [3.05, 3.63) is 29.6 Å². The molecule has 0 heterocycles. The summed E-state index contributed by atoms with van der Waals surface area (Å²) in [5.41, 5.74) is -0.118. The van der Waals surface area contributed by atoms with Crippen LogP contribution < -0.4 is 10.1 Å². The minimum atomic E-state index is -4.80. The predicted octanol–water partition coefficient (Wildman–Crippen LogP) is 2.69. The maximum Gasteiger partial charge on any atom is 0.573 e. The molecule has 0 saturated carbocycles. The highest BCUT2D eigenvalue weighted by Gasteiger charge is 2.31. The number of hydrogen-bond donors (Lipinski definition) is 1. The van der Waals surface area contributed by atoms with Gasteiger partial charge in [0.05, 0.1) is 5.56 Å². The van der Waals surface area contributed by atoms with Crippen LogP contribution in [0.3, 0.4) is 0 Å². The van der Waals surface area contributed by atoms with Gasteiger partial charge in [0.15, 0.2) is 0 Å². The van der Waals surface area contributed by atoms with Crippen molar-refractivity contribution in [1.29, 1.82) is 0 Å². The highest BCUT2D eigenvalue weighted by Crippen LogP contribution is 2.24. The van der Waals surface area contributed by atoms with Crippen molar-refractivity contribution in [3.8, 4) is 17.6 Å². The molecule has 6 heteroatoms. The maximum absolute atomic E-state index is 13.3. The Labute approximate surface area is 102 Å². The summed E-state index contributed by atoms with van der Waals surface area (Å²) in [5.74, 6) is 3.94. The van der Waals surface area contributed by atoms with Gasteiger partial charge in [0, 0.05) is 13.0 Å². The second-order valence-electron chi connectivity index (χ2n) is 3.34. The Hall–Kier alpha value is -1.74. The van der Waals surface area contributed by atoms with E-state index in [4.69, 9.17) is 0 Å². The Morgan fingerprint density at radius 3 is 2.67 bits per heavy atom. The van der Waals surface area contributed by atoms with Crippen LogP contribution in [0.1, 0.15) is 12.0 Å². The first-order valence-corrected chi connectivity index (χ1v) is 5.11. The lowest BCUT2D eigenvalue weighted by molar-refractivity contribution is -0.274. The summed E-state index contributed by atoms with van der Waals surface area (Å²) in [4.78, 5) is 0. The van der Waals surface area contributed by atoms with E-state index in [2.05, 4.69) is 21.9 Å². The molecule has 0 spiro atoms. The second kappa shape index (κ2) is 6.26. The monoisotopic (exact) mass is 261 g/mol. The lowest BCUT2D eigenvalue weighted by Gasteiger charge is -2.08. The van der Waals surface area contributed by atoms with Crippen molar-refractivity contribution in [2.24, 2.45) is 0 Å². The van der Waals surface area contributed by atoms with Crippen LogP contribution in [0.15, 0.2) is 18.2 Å². The van der Waals surface area contributed by atoms with E-state index in [9.17, 15) is 17.6 Å². The van der Waals surface area contributed by atoms with E-state index in [-0.39, 0.29) is 5.56 Å². The largest absolute Gasteiger partial charge is 0.573 e. The molecule has 0 atom stereocenters. The van der Waals surface area contributed by atoms with Crippen LogP contribution in [-0.4, -0.2) is 20.0 Å². The predicted molar refractivity (Wildman–Crippen MR) is 58.5 cm³/mol. The molecule has 0 amide bonds. The van der Waals surface area contributed by atoms with E-state index < -0.39 is 17.9 Å². The van der Waals surface area contributed by atoms with Gasteiger partial charge in [-0.2, -0.15) is 0 Å². The summed E-state index contributed by atoms with van der Waals surface area (Å²) in [6, 6.07) is 2.72. The minimum absolute atomic E-state index is 0.118. The van der Waals surface area contributed by atoms with Gasteiger partial charge in [-0.15, -0.1) is 13.2 Å². The third kappa shape index (κ3) is 5.06. The van der Waals surface area contributed by atoms with Crippen LogP contribution in [0, 0.1) is 17.7 Å². The van der Waals surface area contributed by atoms with Gasteiger partial charge in [0.1, 0.15) is 11.6 Å². The van der Waals surface area contributed by atoms with Crippen molar-refractivity contribution in [2.75, 3.05) is 13.6 Å². The van der Waals surface area contributed by atoms with Crippen LogP contribution in [-0.2, 0) is 0 Å². The number of ether oxygens (including phenoxy) is 1. The van der Waals surface area contributed by atoms with Gasteiger partial charge in [-0.05, 0) is 25.2 Å². The molecule has 0 radical (unpaired) electrons. The number of alkyl halides is 3. The number of benzene rings is 1. The zero-order chi connectivity index (χ0) is 13.6. The lowest BCUT2D eigenvalue weighted by atomic mass is 10.2. The van der Waals surface area contributed by atoms with Gasteiger partial charge >= 0.3 is 6.36 Å². The smallest absolute Gasteiger partial charge is 0.406 e. The summed E-state index contributed by atoms with van der Waals surface area (Å²) in [6.07, 6.45) is -4.32. The van der Waals surface area contributed by atoms with Crippen molar-refractivity contribution in [1.82, 2.24) is 5.32 Å². The fourth-order valence-corrected chi connectivity index (χ4v) is 1.14. The molecule has 1 aromatic carbocycles. The van der Waals surface area contributed by atoms with Crippen LogP contribution in [0.4, 0.5) is 17.6 Å². The standard InChI is InChI=1S/C12H11F4NO/c1-17-7-3-2-4-9-8-10(5-6-11(9)13)18-12(14,15)16/h5-6,8,17H,3,7H2,1H3. The van der Waals surface area contributed by atoms with Crippen molar-refractivity contribution >= 4 is 0 Å². The third-order valence-corrected chi connectivity index (χ3v) is 1.89. The van der Waals surface area contributed by atoms with E-state index in [1.165, 1.54) is 0 Å². The molecule has 0 aliphatic rings. The Kier molecular flexibility index (Phi) is 4.98. The van der Waals surface area contributed by atoms with Crippen LogP contribution in [0.2, 0.25) is 0 Å². The first-order chi connectivity index (χ1) is 8.42. The molecule has 0 aliphatic carbocycles.